The van der Waals surface area contributed by atoms with Crippen molar-refractivity contribution >= 4 is 113 Å². The lowest BCUT2D eigenvalue weighted by Crippen LogP contribution is -1.90. The minimum absolute atomic E-state index is 0.837. The first-order chi connectivity index (χ1) is 10.9. The molecule has 0 saturated carbocycles. The first-order valence-electron chi connectivity index (χ1n) is 6.13. The average Bonchev–Trinajstić information content (AvgIpc) is 2.42. The largest absolute Gasteiger partial charge is 0.360 e. The predicted molar refractivity (Wildman–Crippen MR) is 120 cm³/mol. The second-order valence-corrected chi connectivity index (χ2v) is 9.49. The lowest BCUT2D eigenvalue weighted by Gasteiger charge is -2.07. The molecule has 1 N–H and O–H groups in total. The maximum atomic E-state index is 4.44. The van der Waals surface area contributed by atoms with Gasteiger partial charge in [-0.2, -0.15) is 0 Å². The molecule has 0 heterocycles. The molecular weight excluding hydrogens is 688 g/mol. The molecular formula is C15H8Br6N2. The Labute approximate surface area is 185 Å². The van der Waals surface area contributed by atoms with Crippen LogP contribution in [0.1, 0.15) is 0 Å². The van der Waals surface area contributed by atoms with Crippen LogP contribution in [0.3, 0.4) is 0 Å². The topological polar surface area (TPSA) is 24.4 Å². The third-order valence-electron chi connectivity index (χ3n) is 2.60. The highest BCUT2D eigenvalue weighted by molar-refractivity contribution is 9.12. The standard InChI is InChI=1S/C15H8Br6N2/c16-8-4-10(18)14(11(19)5-8)22-2-1-3-23-15-12(20)6-9(17)7-13(15)21/h1-7,22H/b2-1+,23-3?. The third-order valence-corrected chi connectivity index (χ3v) is 5.98. The number of rotatable bonds is 4. The molecule has 0 unspecified atom stereocenters. The van der Waals surface area contributed by atoms with E-state index in [-0.39, 0.29) is 0 Å². The van der Waals surface area contributed by atoms with Gasteiger partial charge in [0.1, 0.15) is 0 Å². The van der Waals surface area contributed by atoms with Crippen molar-refractivity contribution < 1.29 is 0 Å². The summed E-state index contributed by atoms with van der Waals surface area (Å²) >= 11 is 20.9. The van der Waals surface area contributed by atoms with Gasteiger partial charge in [0.05, 0.1) is 11.4 Å². The molecule has 0 radical (unpaired) electrons. The van der Waals surface area contributed by atoms with E-state index >= 15 is 0 Å². The number of allylic oxidation sites excluding steroid dienone is 1. The molecule has 120 valence electrons. The highest BCUT2D eigenvalue weighted by Crippen LogP contribution is 2.36. The molecule has 0 aliphatic rings. The summed E-state index contributed by atoms with van der Waals surface area (Å²) in [5.74, 6) is 0. The van der Waals surface area contributed by atoms with Crippen LogP contribution in [0.25, 0.3) is 0 Å². The van der Waals surface area contributed by atoms with Gasteiger partial charge in [0.25, 0.3) is 0 Å². The third kappa shape index (κ3) is 5.78. The van der Waals surface area contributed by atoms with E-state index in [1.165, 1.54) is 0 Å². The first-order valence-corrected chi connectivity index (χ1v) is 10.9. The van der Waals surface area contributed by atoms with Crippen molar-refractivity contribution in [3.63, 3.8) is 0 Å². The van der Waals surface area contributed by atoms with Crippen LogP contribution in [0.4, 0.5) is 11.4 Å². The molecule has 23 heavy (non-hydrogen) atoms. The summed E-state index contributed by atoms with van der Waals surface area (Å²) in [6, 6.07) is 7.86. The van der Waals surface area contributed by atoms with E-state index in [2.05, 4.69) is 106 Å². The molecule has 0 bridgehead atoms. The normalized spacial score (nSPS) is 11.6. The molecule has 2 nitrogen and oxygen atoms in total. The fourth-order valence-corrected chi connectivity index (χ4v) is 6.58. The predicted octanol–water partition coefficient (Wildman–Crippen LogP) is 8.59. The number of anilines is 1. The van der Waals surface area contributed by atoms with Gasteiger partial charge in [-0.3, -0.25) is 4.99 Å². The number of hydrogen-bond donors (Lipinski definition) is 1. The monoisotopic (exact) mass is 690 g/mol. The van der Waals surface area contributed by atoms with Crippen LogP contribution in [-0.4, -0.2) is 6.21 Å². The Bertz CT molecular complexity index is 740. The number of aliphatic imine (C=N–C) groups is 1. The Morgan fingerprint density at radius 3 is 1.74 bits per heavy atom. The zero-order chi connectivity index (χ0) is 17.0. The van der Waals surface area contributed by atoms with Crippen molar-refractivity contribution in [2.45, 2.75) is 0 Å². The Morgan fingerprint density at radius 1 is 0.739 bits per heavy atom. The molecule has 0 aliphatic heterocycles. The lowest BCUT2D eigenvalue weighted by molar-refractivity contribution is 1.45. The van der Waals surface area contributed by atoms with E-state index in [9.17, 15) is 0 Å². The second-order valence-electron chi connectivity index (χ2n) is 4.24. The van der Waals surface area contributed by atoms with E-state index in [1.807, 2.05) is 36.5 Å². The van der Waals surface area contributed by atoms with Crippen LogP contribution in [0, 0.1) is 0 Å². The van der Waals surface area contributed by atoms with Gasteiger partial charge in [0.15, 0.2) is 0 Å². The number of nitrogens with zero attached hydrogens (tertiary/aromatic N) is 1. The van der Waals surface area contributed by atoms with Gasteiger partial charge in [0, 0.05) is 39.3 Å². The van der Waals surface area contributed by atoms with Crippen LogP contribution in [0.5, 0.6) is 0 Å². The molecule has 2 aromatic carbocycles. The lowest BCUT2D eigenvalue weighted by atomic mass is 10.3. The Hall–Kier alpha value is 0.530. The van der Waals surface area contributed by atoms with Crippen LogP contribution in [-0.2, 0) is 0 Å². The summed E-state index contributed by atoms with van der Waals surface area (Å²) < 4.78 is 5.72. The Morgan fingerprint density at radius 2 is 1.22 bits per heavy atom. The summed E-state index contributed by atoms with van der Waals surface area (Å²) in [5.41, 5.74) is 1.78. The zero-order valence-corrected chi connectivity index (χ0v) is 20.8. The minimum atomic E-state index is 0.837. The minimum Gasteiger partial charge on any atom is -0.360 e. The van der Waals surface area contributed by atoms with E-state index in [0.29, 0.717) is 0 Å². The number of nitrogens with one attached hydrogen (secondary N) is 1. The second kappa shape index (κ2) is 9.29. The summed E-state index contributed by atoms with van der Waals surface area (Å²) in [6.45, 7) is 0. The summed E-state index contributed by atoms with van der Waals surface area (Å²) in [7, 11) is 0. The van der Waals surface area contributed by atoms with Gasteiger partial charge in [-0.05, 0) is 94.1 Å². The molecule has 0 saturated heterocycles. The van der Waals surface area contributed by atoms with Crippen LogP contribution in [0.2, 0.25) is 0 Å². The molecule has 8 heteroatoms. The van der Waals surface area contributed by atoms with Crippen LogP contribution >= 0.6 is 95.6 Å². The van der Waals surface area contributed by atoms with Crippen molar-refractivity contribution in [1.29, 1.82) is 0 Å². The SMILES string of the molecule is Brc1cc(Br)c(N=C/C=C/Nc2c(Br)cc(Br)cc2Br)c(Br)c1. The van der Waals surface area contributed by atoms with Crippen molar-refractivity contribution in [3.05, 3.63) is 63.4 Å². The van der Waals surface area contributed by atoms with Crippen LogP contribution in [0.15, 0.2) is 68.4 Å². The smallest absolute Gasteiger partial charge is 0.0914 e. The van der Waals surface area contributed by atoms with Gasteiger partial charge in [-0.15, -0.1) is 0 Å². The molecule has 0 fully saturated rings. The maximum Gasteiger partial charge on any atom is 0.0914 e. The molecule has 0 atom stereocenters. The van der Waals surface area contributed by atoms with Crippen molar-refractivity contribution in [2.75, 3.05) is 5.32 Å². The van der Waals surface area contributed by atoms with E-state index < -0.39 is 0 Å². The van der Waals surface area contributed by atoms with Gasteiger partial charge < -0.3 is 5.32 Å². The summed E-state index contributed by atoms with van der Waals surface area (Å²) in [6.07, 6.45) is 5.39. The van der Waals surface area contributed by atoms with Gasteiger partial charge in [0.2, 0.25) is 0 Å². The molecule has 0 amide bonds. The highest BCUT2D eigenvalue weighted by atomic mass is 79.9. The zero-order valence-electron chi connectivity index (χ0n) is 11.3. The number of benzene rings is 2. The molecule has 0 spiro atoms. The maximum absolute atomic E-state index is 4.44. The Kier molecular flexibility index (Phi) is 8.02. The molecule has 0 aromatic heterocycles. The van der Waals surface area contributed by atoms with Crippen molar-refractivity contribution in [2.24, 2.45) is 4.99 Å². The first kappa shape index (κ1) is 19.8. The average molecular weight is 696 g/mol. The quantitative estimate of drug-likeness (QED) is 0.319. The Balaban J connectivity index is 2.09. The summed E-state index contributed by atoms with van der Waals surface area (Å²) in [4.78, 5) is 4.44. The van der Waals surface area contributed by atoms with E-state index in [4.69, 9.17) is 0 Å². The molecule has 2 rings (SSSR count). The van der Waals surface area contributed by atoms with E-state index in [1.54, 1.807) is 6.21 Å². The van der Waals surface area contributed by atoms with Crippen molar-refractivity contribution in [1.82, 2.24) is 0 Å². The number of halogens is 6. The summed E-state index contributed by atoms with van der Waals surface area (Å²) in [5, 5.41) is 3.22. The highest BCUT2D eigenvalue weighted by Gasteiger charge is 2.05. The van der Waals surface area contributed by atoms with Gasteiger partial charge >= 0.3 is 0 Å². The molecule has 2 aromatic rings. The molecule has 0 aliphatic carbocycles. The van der Waals surface area contributed by atoms with Gasteiger partial charge in [-0.25, -0.2) is 0 Å². The number of hydrogen-bond acceptors (Lipinski definition) is 2. The van der Waals surface area contributed by atoms with Crippen molar-refractivity contribution in [3.8, 4) is 0 Å². The fraction of sp³-hybridized carbons (Fsp3) is 0. The van der Waals surface area contributed by atoms with Gasteiger partial charge in [-0.1, -0.05) is 31.9 Å². The van der Waals surface area contributed by atoms with E-state index in [0.717, 1.165) is 38.2 Å². The fourth-order valence-electron chi connectivity index (χ4n) is 1.63. The van der Waals surface area contributed by atoms with Crippen LogP contribution < -0.4 is 5.32 Å².